The summed E-state index contributed by atoms with van der Waals surface area (Å²) in [6.45, 7) is 3.76. The Hall–Kier alpha value is -0.120. The van der Waals surface area contributed by atoms with Crippen LogP contribution in [0.2, 0.25) is 0 Å². The lowest BCUT2D eigenvalue weighted by atomic mass is 10.1. The molecule has 2 N–H and O–H groups in total. The first-order chi connectivity index (χ1) is 6.34. The highest BCUT2D eigenvalue weighted by Crippen LogP contribution is 2.08. The van der Waals surface area contributed by atoms with E-state index in [9.17, 15) is 0 Å². The summed E-state index contributed by atoms with van der Waals surface area (Å²) in [6, 6.07) is 0.715. The number of unbranched alkanes of at least 4 members (excludes halogenated alkanes) is 1. The van der Waals surface area contributed by atoms with Crippen LogP contribution in [0.15, 0.2) is 0 Å². The summed E-state index contributed by atoms with van der Waals surface area (Å²) < 4.78 is 0. The Bertz CT molecular complexity index is 124. The van der Waals surface area contributed by atoms with Crippen molar-refractivity contribution in [2.24, 2.45) is 0 Å². The quantitative estimate of drug-likeness (QED) is 0.612. The van der Waals surface area contributed by atoms with Crippen molar-refractivity contribution < 1.29 is 5.11 Å². The Morgan fingerprint density at radius 1 is 1.46 bits per heavy atom. The van der Waals surface area contributed by atoms with Crippen LogP contribution < -0.4 is 5.32 Å². The SMILES string of the molecule is CN(CCCCO)C1CCCNC1. The van der Waals surface area contributed by atoms with E-state index in [0.29, 0.717) is 12.6 Å². The van der Waals surface area contributed by atoms with E-state index in [-0.39, 0.29) is 0 Å². The lowest BCUT2D eigenvalue weighted by molar-refractivity contribution is 0.192. The molecular formula is C10H22N2O. The predicted molar refractivity (Wildman–Crippen MR) is 54.8 cm³/mol. The molecule has 1 aliphatic rings. The van der Waals surface area contributed by atoms with Gasteiger partial charge in [-0.3, -0.25) is 0 Å². The van der Waals surface area contributed by atoms with Crippen LogP contribution in [0.3, 0.4) is 0 Å². The molecule has 1 atom stereocenters. The first kappa shape index (κ1) is 11.0. The highest BCUT2D eigenvalue weighted by Gasteiger charge is 2.16. The standard InChI is InChI=1S/C10H22N2O/c1-12(7-2-3-8-13)10-5-4-6-11-9-10/h10-11,13H,2-9H2,1H3. The average molecular weight is 186 g/mol. The van der Waals surface area contributed by atoms with Gasteiger partial charge in [0.25, 0.3) is 0 Å². The second kappa shape index (κ2) is 6.35. The Morgan fingerprint density at radius 2 is 2.31 bits per heavy atom. The van der Waals surface area contributed by atoms with Crippen molar-refractivity contribution in [1.82, 2.24) is 10.2 Å². The van der Waals surface area contributed by atoms with Crippen molar-refractivity contribution in [3.63, 3.8) is 0 Å². The molecule has 0 bridgehead atoms. The molecule has 3 heteroatoms. The lowest BCUT2D eigenvalue weighted by Crippen LogP contribution is -2.44. The number of hydrogen-bond acceptors (Lipinski definition) is 3. The fraction of sp³-hybridized carbons (Fsp3) is 1.00. The van der Waals surface area contributed by atoms with E-state index in [0.717, 1.165) is 25.9 Å². The van der Waals surface area contributed by atoms with Gasteiger partial charge in [0, 0.05) is 19.2 Å². The Kier molecular flexibility index (Phi) is 5.35. The molecule has 0 aromatic rings. The van der Waals surface area contributed by atoms with E-state index < -0.39 is 0 Å². The van der Waals surface area contributed by atoms with Crippen LogP contribution in [0, 0.1) is 0 Å². The van der Waals surface area contributed by atoms with Crippen LogP contribution in [-0.2, 0) is 0 Å². The summed E-state index contributed by atoms with van der Waals surface area (Å²) in [6.07, 6.45) is 4.67. The number of piperidine rings is 1. The maximum Gasteiger partial charge on any atom is 0.0431 e. The lowest BCUT2D eigenvalue weighted by Gasteiger charge is -2.31. The van der Waals surface area contributed by atoms with E-state index in [1.165, 1.54) is 19.4 Å². The van der Waals surface area contributed by atoms with E-state index >= 15 is 0 Å². The highest BCUT2D eigenvalue weighted by molar-refractivity contribution is 4.76. The number of rotatable bonds is 5. The monoisotopic (exact) mass is 186 g/mol. The summed E-state index contributed by atoms with van der Waals surface area (Å²) in [5, 5.41) is 12.1. The first-order valence-corrected chi connectivity index (χ1v) is 5.36. The van der Waals surface area contributed by atoms with E-state index in [4.69, 9.17) is 5.11 Å². The fourth-order valence-corrected chi connectivity index (χ4v) is 1.87. The third-order valence-electron chi connectivity index (χ3n) is 2.81. The average Bonchev–Trinajstić information content (AvgIpc) is 2.19. The van der Waals surface area contributed by atoms with Gasteiger partial charge in [-0.1, -0.05) is 0 Å². The minimum Gasteiger partial charge on any atom is -0.396 e. The van der Waals surface area contributed by atoms with Gasteiger partial charge in [0.1, 0.15) is 0 Å². The molecule has 0 spiro atoms. The predicted octanol–water partition coefficient (Wildman–Crippen LogP) is 0.443. The molecule has 0 aromatic heterocycles. The summed E-state index contributed by atoms with van der Waals surface area (Å²) in [5.41, 5.74) is 0. The van der Waals surface area contributed by atoms with Gasteiger partial charge in [-0.05, 0) is 45.8 Å². The molecule has 1 unspecified atom stereocenters. The molecule has 1 aliphatic heterocycles. The summed E-state index contributed by atoms with van der Waals surface area (Å²) in [4.78, 5) is 2.42. The minimum absolute atomic E-state index is 0.330. The van der Waals surface area contributed by atoms with Gasteiger partial charge in [0.15, 0.2) is 0 Å². The molecule has 0 aromatic carbocycles. The second-order valence-corrected chi connectivity index (χ2v) is 3.91. The molecule has 78 valence electrons. The van der Waals surface area contributed by atoms with Crippen LogP contribution in [0.4, 0.5) is 0 Å². The van der Waals surface area contributed by atoms with Crippen LogP contribution in [0.5, 0.6) is 0 Å². The van der Waals surface area contributed by atoms with Gasteiger partial charge in [0.05, 0.1) is 0 Å². The van der Waals surface area contributed by atoms with Crippen molar-refractivity contribution in [1.29, 1.82) is 0 Å². The van der Waals surface area contributed by atoms with E-state index in [1.807, 2.05) is 0 Å². The van der Waals surface area contributed by atoms with Crippen LogP contribution in [-0.4, -0.2) is 49.3 Å². The summed E-state index contributed by atoms with van der Waals surface area (Å²) in [7, 11) is 2.19. The highest BCUT2D eigenvalue weighted by atomic mass is 16.2. The molecule has 0 radical (unpaired) electrons. The van der Waals surface area contributed by atoms with E-state index in [2.05, 4.69) is 17.3 Å². The zero-order chi connectivity index (χ0) is 9.52. The van der Waals surface area contributed by atoms with Crippen LogP contribution in [0.1, 0.15) is 25.7 Å². The van der Waals surface area contributed by atoms with Crippen LogP contribution in [0.25, 0.3) is 0 Å². The first-order valence-electron chi connectivity index (χ1n) is 5.36. The third kappa shape index (κ3) is 4.07. The maximum atomic E-state index is 8.66. The molecule has 3 nitrogen and oxygen atoms in total. The van der Waals surface area contributed by atoms with Gasteiger partial charge in [-0.2, -0.15) is 0 Å². The van der Waals surface area contributed by atoms with Gasteiger partial charge in [0.2, 0.25) is 0 Å². The van der Waals surface area contributed by atoms with Crippen molar-refractivity contribution in [3.05, 3.63) is 0 Å². The summed E-state index contributed by atoms with van der Waals surface area (Å²) in [5.74, 6) is 0. The molecule has 0 saturated carbocycles. The van der Waals surface area contributed by atoms with Crippen molar-refractivity contribution in [2.45, 2.75) is 31.7 Å². The Labute approximate surface area is 81.1 Å². The topological polar surface area (TPSA) is 35.5 Å². The molecule has 0 amide bonds. The molecule has 1 saturated heterocycles. The molecule has 1 heterocycles. The maximum absolute atomic E-state index is 8.66. The molecule has 1 rings (SSSR count). The van der Waals surface area contributed by atoms with Crippen LogP contribution >= 0.6 is 0 Å². The van der Waals surface area contributed by atoms with Gasteiger partial charge < -0.3 is 15.3 Å². The van der Waals surface area contributed by atoms with Gasteiger partial charge in [-0.25, -0.2) is 0 Å². The second-order valence-electron chi connectivity index (χ2n) is 3.91. The third-order valence-corrected chi connectivity index (χ3v) is 2.81. The number of likely N-dealkylation sites (N-methyl/N-ethyl adjacent to an activating group) is 1. The van der Waals surface area contributed by atoms with Crippen molar-refractivity contribution in [3.8, 4) is 0 Å². The summed E-state index contributed by atoms with van der Waals surface area (Å²) >= 11 is 0. The zero-order valence-corrected chi connectivity index (χ0v) is 8.63. The smallest absolute Gasteiger partial charge is 0.0431 e. The largest absolute Gasteiger partial charge is 0.396 e. The molecule has 13 heavy (non-hydrogen) atoms. The fourth-order valence-electron chi connectivity index (χ4n) is 1.87. The molecule has 0 aliphatic carbocycles. The minimum atomic E-state index is 0.330. The number of nitrogens with one attached hydrogen (secondary N) is 1. The Balaban J connectivity index is 2.09. The number of aliphatic hydroxyl groups excluding tert-OH is 1. The number of nitrogens with zero attached hydrogens (tertiary/aromatic N) is 1. The molecule has 1 fully saturated rings. The number of hydrogen-bond donors (Lipinski definition) is 2. The number of aliphatic hydroxyl groups is 1. The van der Waals surface area contributed by atoms with Gasteiger partial charge >= 0.3 is 0 Å². The molecular weight excluding hydrogens is 164 g/mol. The van der Waals surface area contributed by atoms with Crippen molar-refractivity contribution >= 4 is 0 Å². The van der Waals surface area contributed by atoms with E-state index in [1.54, 1.807) is 0 Å². The van der Waals surface area contributed by atoms with Crippen molar-refractivity contribution in [2.75, 3.05) is 33.3 Å². The normalized spacial score (nSPS) is 23.8. The van der Waals surface area contributed by atoms with Gasteiger partial charge in [-0.15, -0.1) is 0 Å². The Morgan fingerprint density at radius 3 is 2.92 bits per heavy atom. The zero-order valence-electron chi connectivity index (χ0n) is 8.63.